The van der Waals surface area contributed by atoms with Gasteiger partial charge >= 0.3 is 0 Å². The summed E-state index contributed by atoms with van der Waals surface area (Å²) < 4.78 is 30.8. The third-order valence-electron chi connectivity index (χ3n) is 4.33. The van der Waals surface area contributed by atoms with Gasteiger partial charge in [0.2, 0.25) is 10.0 Å². The molecule has 1 N–H and O–H groups in total. The second-order valence-electron chi connectivity index (χ2n) is 6.55. The zero-order chi connectivity index (χ0) is 17.0. The lowest BCUT2D eigenvalue weighted by Gasteiger charge is -2.38. The van der Waals surface area contributed by atoms with Gasteiger partial charge < -0.3 is 4.74 Å². The molecule has 1 aromatic carbocycles. The molecule has 0 bridgehead atoms. The van der Waals surface area contributed by atoms with Crippen LogP contribution in [0.25, 0.3) is 0 Å². The van der Waals surface area contributed by atoms with Crippen LogP contribution < -0.4 is 4.72 Å². The van der Waals surface area contributed by atoms with Crippen molar-refractivity contribution >= 4 is 10.0 Å². The Morgan fingerprint density at radius 3 is 2.78 bits per heavy atom. The van der Waals surface area contributed by atoms with Gasteiger partial charge in [0.15, 0.2) is 0 Å². The summed E-state index contributed by atoms with van der Waals surface area (Å²) in [6, 6.07) is 6.83. The van der Waals surface area contributed by atoms with Crippen LogP contribution in [0, 0.1) is 13.8 Å². The summed E-state index contributed by atoms with van der Waals surface area (Å²) in [6.45, 7) is 9.29. The van der Waals surface area contributed by atoms with Gasteiger partial charge in [-0.1, -0.05) is 23.8 Å². The van der Waals surface area contributed by atoms with E-state index in [1.165, 1.54) is 22.9 Å². The Bertz CT molecular complexity index is 631. The first-order chi connectivity index (χ1) is 10.8. The molecule has 130 valence electrons. The largest absolute Gasteiger partial charge is 0.371 e. The molecule has 1 fully saturated rings. The quantitative estimate of drug-likeness (QED) is 0.805. The number of nitrogens with one attached hydrogen (secondary N) is 1. The molecule has 1 saturated heterocycles. The van der Waals surface area contributed by atoms with Crippen molar-refractivity contribution in [3.05, 3.63) is 34.9 Å². The van der Waals surface area contributed by atoms with Crippen LogP contribution in [0.5, 0.6) is 0 Å². The van der Waals surface area contributed by atoms with Crippen LogP contribution in [0.15, 0.2) is 18.2 Å². The maximum Gasteiger partial charge on any atom is 0.208 e. The lowest BCUT2D eigenvalue weighted by molar-refractivity contribution is -0.0603. The van der Waals surface area contributed by atoms with E-state index < -0.39 is 10.0 Å². The Labute approximate surface area is 140 Å². The van der Waals surface area contributed by atoms with Crippen LogP contribution in [0.2, 0.25) is 0 Å². The summed E-state index contributed by atoms with van der Waals surface area (Å²) in [6.07, 6.45) is 2.09. The molecule has 0 radical (unpaired) electrons. The molecule has 2 atom stereocenters. The van der Waals surface area contributed by atoms with Crippen LogP contribution in [-0.4, -0.2) is 51.9 Å². The lowest BCUT2D eigenvalue weighted by atomic mass is 9.99. The molecule has 1 aliphatic rings. The van der Waals surface area contributed by atoms with Gasteiger partial charge in [0.25, 0.3) is 0 Å². The minimum absolute atomic E-state index is 0.0916. The van der Waals surface area contributed by atoms with E-state index in [0.717, 1.165) is 19.5 Å². The zero-order valence-corrected chi connectivity index (χ0v) is 15.3. The Morgan fingerprint density at radius 2 is 2.09 bits per heavy atom. The molecule has 0 saturated carbocycles. The number of aryl methyl sites for hydroxylation is 2. The SMILES string of the molecule is Cc1ccc(C)c([C@@H]2CN(CCCNS(C)(=O)=O)[C@H](C)CO2)c1. The van der Waals surface area contributed by atoms with Crippen molar-refractivity contribution < 1.29 is 13.2 Å². The first kappa shape index (κ1) is 18.4. The van der Waals surface area contributed by atoms with Gasteiger partial charge in [0.05, 0.1) is 19.0 Å². The summed E-state index contributed by atoms with van der Waals surface area (Å²) in [7, 11) is -3.10. The van der Waals surface area contributed by atoms with E-state index in [1.54, 1.807) is 0 Å². The van der Waals surface area contributed by atoms with Gasteiger partial charge in [-0.2, -0.15) is 0 Å². The Balaban J connectivity index is 1.95. The predicted molar refractivity (Wildman–Crippen MR) is 93.1 cm³/mol. The third kappa shape index (κ3) is 5.57. The molecule has 2 rings (SSSR count). The van der Waals surface area contributed by atoms with Crippen molar-refractivity contribution in [1.29, 1.82) is 0 Å². The number of hydrogen-bond acceptors (Lipinski definition) is 4. The predicted octanol–water partition coefficient (Wildman–Crippen LogP) is 2.00. The van der Waals surface area contributed by atoms with E-state index in [-0.39, 0.29) is 6.10 Å². The topological polar surface area (TPSA) is 58.6 Å². The Hall–Kier alpha value is -0.950. The summed E-state index contributed by atoms with van der Waals surface area (Å²) in [5, 5.41) is 0. The maximum absolute atomic E-state index is 11.1. The molecule has 6 heteroatoms. The smallest absolute Gasteiger partial charge is 0.208 e. The van der Waals surface area contributed by atoms with Crippen molar-refractivity contribution in [3.63, 3.8) is 0 Å². The van der Waals surface area contributed by atoms with E-state index in [2.05, 4.69) is 48.6 Å². The highest BCUT2D eigenvalue weighted by Crippen LogP contribution is 2.28. The molecule has 0 unspecified atom stereocenters. The number of rotatable bonds is 6. The molecule has 0 amide bonds. The molecule has 1 heterocycles. The van der Waals surface area contributed by atoms with Crippen LogP contribution in [-0.2, 0) is 14.8 Å². The van der Waals surface area contributed by atoms with Gasteiger partial charge in [-0.25, -0.2) is 13.1 Å². The van der Waals surface area contributed by atoms with E-state index in [9.17, 15) is 8.42 Å². The normalized spacial score (nSPS) is 23.1. The maximum atomic E-state index is 11.1. The highest BCUT2D eigenvalue weighted by Gasteiger charge is 2.27. The van der Waals surface area contributed by atoms with E-state index in [4.69, 9.17) is 4.74 Å². The fourth-order valence-corrected chi connectivity index (χ4v) is 3.47. The zero-order valence-electron chi connectivity index (χ0n) is 14.5. The second-order valence-corrected chi connectivity index (χ2v) is 8.38. The van der Waals surface area contributed by atoms with Crippen molar-refractivity contribution in [2.45, 2.75) is 39.3 Å². The van der Waals surface area contributed by atoms with Crippen molar-refractivity contribution in [3.8, 4) is 0 Å². The number of sulfonamides is 1. The van der Waals surface area contributed by atoms with Gasteiger partial charge in [0.1, 0.15) is 0 Å². The first-order valence-electron chi connectivity index (χ1n) is 8.13. The standard InChI is InChI=1S/C17H28N2O3S/c1-13-6-7-14(2)16(10-13)17-11-19(15(3)12-22-17)9-5-8-18-23(4,20)21/h6-7,10,15,17-18H,5,8-9,11-12H2,1-4H3/t15-,17+/m1/s1. The average Bonchev–Trinajstić information content (AvgIpc) is 2.47. The number of benzene rings is 1. The molecule has 1 aromatic rings. The monoisotopic (exact) mass is 340 g/mol. The van der Waals surface area contributed by atoms with Gasteiger partial charge in [-0.05, 0) is 44.9 Å². The van der Waals surface area contributed by atoms with Crippen LogP contribution in [0.3, 0.4) is 0 Å². The molecule has 0 aliphatic carbocycles. The molecule has 5 nitrogen and oxygen atoms in total. The van der Waals surface area contributed by atoms with Crippen LogP contribution in [0.1, 0.15) is 36.1 Å². The van der Waals surface area contributed by atoms with Crippen LogP contribution in [0.4, 0.5) is 0 Å². The minimum atomic E-state index is -3.10. The van der Waals surface area contributed by atoms with Crippen molar-refractivity contribution in [2.24, 2.45) is 0 Å². The lowest BCUT2D eigenvalue weighted by Crippen LogP contribution is -2.46. The van der Waals surface area contributed by atoms with E-state index in [1.807, 2.05) is 0 Å². The molecule has 0 spiro atoms. The van der Waals surface area contributed by atoms with Crippen LogP contribution >= 0.6 is 0 Å². The second kappa shape index (κ2) is 7.75. The number of nitrogens with zero attached hydrogens (tertiary/aromatic N) is 1. The van der Waals surface area contributed by atoms with Gasteiger partial charge in [-0.15, -0.1) is 0 Å². The molecular formula is C17H28N2O3S. The number of ether oxygens (including phenoxy) is 1. The van der Waals surface area contributed by atoms with Gasteiger partial charge in [-0.3, -0.25) is 4.90 Å². The molecular weight excluding hydrogens is 312 g/mol. The Morgan fingerprint density at radius 1 is 1.35 bits per heavy atom. The minimum Gasteiger partial charge on any atom is -0.371 e. The third-order valence-corrected chi connectivity index (χ3v) is 5.06. The summed E-state index contributed by atoms with van der Waals surface area (Å²) >= 11 is 0. The van der Waals surface area contributed by atoms with Gasteiger partial charge in [0, 0.05) is 19.1 Å². The average molecular weight is 340 g/mol. The number of hydrogen-bond donors (Lipinski definition) is 1. The Kier molecular flexibility index (Phi) is 6.19. The molecule has 23 heavy (non-hydrogen) atoms. The highest BCUT2D eigenvalue weighted by molar-refractivity contribution is 7.88. The summed E-state index contributed by atoms with van der Waals surface area (Å²) in [5.74, 6) is 0. The molecule has 1 aliphatic heterocycles. The fraction of sp³-hybridized carbons (Fsp3) is 0.647. The summed E-state index contributed by atoms with van der Waals surface area (Å²) in [4.78, 5) is 2.39. The van der Waals surface area contributed by atoms with Crippen molar-refractivity contribution in [2.75, 3.05) is 32.5 Å². The summed E-state index contributed by atoms with van der Waals surface area (Å²) in [5.41, 5.74) is 3.77. The molecule has 0 aromatic heterocycles. The first-order valence-corrected chi connectivity index (χ1v) is 10.0. The van der Waals surface area contributed by atoms with Crippen molar-refractivity contribution in [1.82, 2.24) is 9.62 Å². The number of morpholine rings is 1. The highest BCUT2D eigenvalue weighted by atomic mass is 32.2. The van der Waals surface area contributed by atoms with E-state index in [0.29, 0.717) is 19.2 Å². The fourth-order valence-electron chi connectivity index (χ4n) is 2.95. The van der Waals surface area contributed by atoms with E-state index >= 15 is 0 Å².